The highest BCUT2D eigenvalue weighted by molar-refractivity contribution is 5.95. The first-order valence-corrected chi connectivity index (χ1v) is 21.3. The summed E-state index contributed by atoms with van der Waals surface area (Å²) < 4.78 is 6.92. The Hall–Kier alpha value is -7.82. The van der Waals surface area contributed by atoms with Gasteiger partial charge >= 0.3 is 0 Å². The van der Waals surface area contributed by atoms with Crippen LogP contribution in [-0.2, 0) is 0 Å². The molecule has 0 atom stereocenters. The van der Waals surface area contributed by atoms with E-state index in [1.807, 2.05) is 0 Å². The SMILES string of the molecule is Cc1ccc(N(c2ccc3c(c2)N(c2ccc(C)cc2C)c2cc(N(c4ccc(C)cc4)c4ccccc4-c4ccccc4)ccc2O3)c2ccccc2-c2ccccc2)cc1. The van der Waals surface area contributed by atoms with Crippen molar-refractivity contribution < 1.29 is 4.74 Å². The Morgan fingerprint density at radius 1 is 0.339 bits per heavy atom. The Balaban J connectivity index is 1.18. The summed E-state index contributed by atoms with van der Waals surface area (Å²) in [7, 11) is 0. The molecule has 0 fully saturated rings. The van der Waals surface area contributed by atoms with Gasteiger partial charge in [0.25, 0.3) is 0 Å². The molecule has 0 saturated carbocycles. The van der Waals surface area contributed by atoms with E-state index in [1.165, 1.54) is 22.3 Å². The van der Waals surface area contributed by atoms with Crippen LogP contribution in [0.5, 0.6) is 11.5 Å². The Labute approximate surface area is 365 Å². The largest absolute Gasteiger partial charge is 0.453 e. The number of hydrogen-bond acceptors (Lipinski definition) is 4. The maximum absolute atomic E-state index is 6.92. The number of rotatable bonds is 9. The second kappa shape index (κ2) is 16.3. The lowest BCUT2D eigenvalue weighted by atomic mass is 10.0. The summed E-state index contributed by atoms with van der Waals surface area (Å²) in [5.74, 6) is 1.58. The number of ether oxygens (including phenoxy) is 1. The topological polar surface area (TPSA) is 19.0 Å². The first-order chi connectivity index (χ1) is 30.4. The summed E-state index contributed by atoms with van der Waals surface area (Å²) in [6.07, 6.45) is 0. The molecule has 4 nitrogen and oxygen atoms in total. The van der Waals surface area contributed by atoms with E-state index < -0.39 is 0 Å². The fourth-order valence-corrected chi connectivity index (χ4v) is 8.68. The zero-order chi connectivity index (χ0) is 42.2. The molecule has 1 aliphatic rings. The molecule has 0 spiro atoms. The van der Waals surface area contributed by atoms with Crippen molar-refractivity contribution >= 4 is 51.2 Å². The van der Waals surface area contributed by atoms with Crippen molar-refractivity contribution in [1.82, 2.24) is 0 Å². The maximum atomic E-state index is 6.92. The number of hydrogen-bond donors (Lipinski definition) is 0. The van der Waals surface area contributed by atoms with Gasteiger partial charge in [-0.2, -0.15) is 0 Å². The van der Waals surface area contributed by atoms with Crippen LogP contribution in [0.4, 0.5) is 51.2 Å². The van der Waals surface area contributed by atoms with Crippen LogP contribution in [-0.4, -0.2) is 0 Å². The predicted octanol–water partition coefficient (Wildman–Crippen LogP) is 16.8. The zero-order valence-corrected chi connectivity index (χ0v) is 35.5. The van der Waals surface area contributed by atoms with Crippen molar-refractivity contribution in [3.05, 3.63) is 235 Å². The molecule has 0 unspecified atom stereocenters. The highest BCUT2D eigenvalue weighted by Gasteiger charge is 2.30. The van der Waals surface area contributed by atoms with Crippen LogP contribution in [0.25, 0.3) is 22.3 Å². The second-order valence-corrected chi connectivity index (χ2v) is 16.1. The van der Waals surface area contributed by atoms with Gasteiger partial charge in [-0.3, -0.25) is 0 Å². The van der Waals surface area contributed by atoms with Crippen LogP contribution in [0, 0.1) is 27.7 Å². The third-order valence-corrected chi connectivity index (χ3v) is 11.7. The first kappa shape index (κ1) is 38.4. The van der Waals surface area contributed by atoms with Crippen LogP contribution in [0.2, 0.25) is 0 Å². The lowest BCUT2D eigenvalue weighted by molar-refractivity contribution is 0.477. The van der Waals surface area contributed by atoms with Gasteiger partial charge in [0.05, 0.1) is 22.7 Å². The van der Waals surface area contributed by atoms with E-state index in [0.717, 1.165) is 84.9 Å². The third-order valence-electron chi connectivity index (χ3n) is 11.7. The molecule has 0 amide bonds. The lowest BCUT2D eigenvalue weighted by Gasteiger charge is -2.37. The Bertz CT molecular complexity index is 2850. The van der Waals surface area contributed by atoms with E-state index in [9.17, 15) is 0 Å². The van der Waals surface area contributed by atoms with Crippen LogP contribution >= 0.6 is 0 Å². The van der Waals surface area contributed by atoms with Crippen molar-refractivity contribution in [3.63, 3.8) is 0 Å². The number of fused-ring (bicyclic) bond motifs is 2. The van der Waals surface area contributed by atoms with Gasteiger partial charge in [0.15, 0.2) is 11.5 Å². The molecular weight excluding hydrogens is 755 g/mol. The minimum atomic E-state index is 0.791. The quantitative estimate of drug-likeness (QED) is 0.145. The van der Waals surface area contributed by atoms with Crippen LogP contribution in [0.15, 0.2) is 212 Å². The smallest absolute Gasteiger partial charge is 0.151 e. The maximum Gasteiger partial charge on any atom is 0.151 e. The number of para-hydroxylation sites is 2. The van der Waals surface area contributed by atoms with E-state index in [1.54, 1.807) is 0 Å². The van der Waals surface area contributed by atoms with Crippen LogP contribution in [0.3, 0.4) is 0 Å². The highest BCUT2D eigenvalue weighted by atomic mass is 16.5. The number of aryl methyl sites for hydroxylation is 4. The lowest BCUT2D eigenvalue weighted by Crippen LogP contribution is -2.19. The number of benzene rings is 9. The standard InChI is InChI=1S/C58H47N3O/c1-40-23-28-46(29-24-40)59(53-21-13-11-19-50(53)44-15-7-5-8-16-44)48-32-35-57-55(38-48)61(52-34-27-42(3)37-43(52)4)56-39-49(33-36-58(56)62-57)60(47-30-25-41(2)26-31-47)54-22-14-12-20-51(54)45-17-9-6-10-18-45/h5-39H,1-4H3. The summed E-state index contributed by atoms with van der Waals surface area (Å²) in [5, 5.41) is 0. The molecule has 0 bridgehead atoms. The van der Waals surface area contributed by atoms with Gasteiger partial charge in [-0.05, 0) is 123 Å². The summed E-state index contributed by atoms with van der Waals surface area (Å²) >= 11 is 0. The molecular formula is C58H47N3O. The fourth-order valence-electron chi connectivity index (χ4n) is 8.68. The Morgan fingerprint density at radius 3 is 1.19 bits per heavy atom. The summed E-state index contributed by atoms with van der Waals surface area (Å²) in [5.41, 5.74) is 18.8. The van der Waals surface area contributed by atoms with Gasteiger partial charge in [0.2, 0.25) is 0 Å². The van der Waals surface area contributed by atoms with Gasteiger partial charge in [-0.25, -0.2) is 0 Å². The molecule has 1 heterocycles. The molecule has 300 valence electrons. The molecule has 9 aromatic rings. The second-order valence-electron chi connectivity index (χ2n) is 16.1. The monoisotopic (exact) mass is 801 g/mol. The van der Waals surface area contributed by atoms with E-state index in [2.05, 4.69) is 255 Å². The minimum Gasteiger partial charge on any atom is -0.453 e. The van der Waals surface area contributed by atoms with Crippen LogP contribution < -0.4 is 19.4 Å². The van der Waals surface area contributed by atoms with Crippen molar-refractivity contribution in [2.75, 3.05) is 14.7 Å². The summed E-state index contributed by atoms with van der Waals surface area (Å²) in [4.78, 5) is 7.13. The average molecular weight is 802 g/mol. The Morgan fingerprint density at radius 2 is 0.742 bits per heavy atom. The third kappa shape index (κ3) is 7.26. The molecule has 0 saturated heterocycles. The van der Waals surface area contributed by atoms with Gasteiger partial charge in [0.1, 0.15) is 0 Å². The van der Waals surface area contributed by atoms with E-state index in [4.69, 9.17) is 4.74 Å². The normalized spacial score (nSPS) is 11.6. The van der Waals surface area contributed by atoms with E-state index in [0.29, 0.717) is 0 Å². The van der Waals surface area contributed by atoms with E-state index in [-0.39, 0.29) is 0 Å². The van der Waals surface area contributed by atoms with Crippen LogP contribution in [0.1, 0.15) is 22.3 Å². The number of nitrogens with zero attached hydrogens (tertiary/aromatic N) is 3. The highest BCUT2D eigenvalue weighted by Crippen LogP contribution is 2.55. The predicted molar refractivity (Wildman–Crippen MR) is 260 cm³/mol. The zero-order valence-electron chi connectivity index (χ0n) is 35.5. The van der Waals surface area contributed by atoms with Gasteiger partial charge in [-0.1, -0.05) is 150 Å². The van der Waals surface area contributed by atoms with Crippen molar-refractivity contribution in [2.45, 2.75) is 27.7 Å². The molecule has 62 heavy (non-hydrogen) atoms. The Kier molecular flexibility index (Phi) is 10.1. The molecule has 0 N–H and O–H groups in total. The first-order valence-electron chi connectivity index (χ1n) is 21.3. The summed E-state index contributed by atoms with van der Waals surface area (Å²) in [6.45, 7) is 8.63. The van der Waals surface area contributed by atoms with Crippen molar-refractivity contribution in [3.8, 4) is 33.8 Å². The minimum absolute atomic E-state index is 0.791. The van der Waals surface area contributed by atoms with Gasteiger partial charge in [-0.15, -0.1) is 0 Å². The molecule has 10 rings (SSSR count). The fraction of sp³-hybridized carbons (Fsp3) is 0.0690. The van der Waals surface area contributed by atoms with E-state index >= 15 is 0 Å². The number of anilines is 9. The molecule has 0 aliphatic carbocycles. The van der Waals surface area contributed by atoms with Crippen molar-refractivity contribution in [1.29, 1.82) is 0 Å². The molecule has 0 radical (unpaired) electrons. The molecule has 9 aromatic carbocycles. The average Bonchev–Trinajstić information content (AvgIpc) is 3.31. The van der Waals surface area contributed by atoms with Gasteiger partial charge in [0, 0.05) is 39.6 Å². The van der Waals surface area contributed by atoms with Gasteiger partial charge < -0.3 is 19.4 Å². The molecule has 1 aliphatic heterocycles. The van der Waals surface area contributed by atoms with Crippen molar-refractivity contribution in [2.24, 2.45) is 0 Å². The molecule has 4 heteroatoms. The molecule has 0 aromatic heterocycles. The summed E-state index contributed by atoms with van der Waals surface area (Å²) in [6, 6.07) is 76.1.